The number of hydrogen-bond donors (Lipinski definition) is 2. The molecular formula is C15H24IN5O. The van der Waals surface area contributed by atoms with Gasteiger partial charge in [0.2, 0.25) is 0 Å². The molecule has 7 heteroatoms. The molecule has 22 heavy (non-hydrogen) atoms. The number of pyridine rings is 1. The highest BCUT2D eigenvalue weighted by molar-refractivity contribution is 14.0. The van der Waals surface area contributed by atoms with Crippen LogP contribution in [0.4, 0.5) is 0 Å². The zero-order valence-electron chi connectivity index (χ0n) is 12.7. The number of aromatic nitrogens is 1. The molecule has 1 aromatic heterocycles. The van der Waals surface area contributed by atoms with Crippen molar-refractivity contribution in [2.75, 3.05) is 26.2 Å². The van der Waals surface area contributed by atoms with E-state index in [2.05, 4.69) is 20.2 Å². The highest BCUT2D eigenvalue weighted by Gasteiger charge is 2.10. The van der Waals surface area contributed by atoms with Gasteiger partial charge in [-0.15, -0.1) is 24.0 Å². The number of nitrogens with two attached hydrogens (primary N) is 1. The summed E-state index contributed by atoms with van der Waals surface area (Å²) in [6.07, 6.45) is 8.07. The molecule has 1 aliphatic heterocycles. The van der Waals surface area contributed by atoms with E-state index in [0.717, 1.165) is 13.1 Å². The number of nitrogens with zero attached hydrogens (tertiary/aromatic N) is 3. The van der Waals surface area contributed by atoms with E-state index in [9.17, 15) is 4.79 Å². The number of guanidine groups is 1. The molecule has 0 radical (unpaired) electrons. The number of aliphatic imine (C=N–C) groups is 1. The average molecular weight is 417 g/mol. The van der Waals surface area contributed by atoms with E-state index in [4.69, 9.17) is 5.73 Å². The Morgan fingerprint density at radius 1 is 1.32 bits per heavy atom. The van der Waals surface area contributed by atoms with Gasteiger partial charge in [0.1, 0.15) is 0 Å². The molecule has 0 bridgehead atoms. The molecule has 0 atom stereocenters. The van der Waals surface area contributed by atoms with Gasteiger partial charge < -0.3 is 16.0 Å². The van der Waals surface area contributed by atoms with Crippen LogP contribution < -0.4 is 11.1 Å². The molecule has 0 unspecified atom stereocenters. The predicted octanol–water partition coefficient (Wildman–Crippen LogP) is 1.62. The summed E-state index contributed by atoms with van der Waals surface area (Å²) in [5.74, 6) is 0.458. The first-order valence-electron chi connectivity index (χ1n) is 7.50. The Balaban J connectivity index is 0.00000242. The Hall–Kier alpha value is -1.38. The van der Waals surface area contributed by atoms with Crippen molar-refractivity contribution in [3.63, 3.8) is 0 Å². The molecule has 1 aliphatic rings. The summed E-state index contributed by atoms with van der Waals surface area (Å²) < 4.78 is 0. The molecule has 1 saturated heterocycles. The SMILES string of the molecule is I.NC(=NCCNC(=O)c1cccnc1)N1CCCCCC1. The minimum Gasteiger partial charge on any atom is -0.370 e. The third-order valence-electron chi connectivity index (χ3n) is 3.52. The first-order valence-corrected chi connectivity index (χ1v) is 7.50. The van der Waals surface area contributed by atoms with E-state index in [1.165, 1.54) is 25.7 Å². The van der Waals surface area contributed by atoms with Crippen LogP contribution in [-0.4, -0.2) is 47.9 Å². The maximum Gasteiger partial charge on any atom is 0.252 e. The van der Waals surface area contributed by atoms with E-state index < -0.39 is 0 Å². The van der Waals surface area contributed by atoms with Crippen molar-refractivity contribution in [1.82, 2.24) is 15.2 Å². The number of rotatable bonds is 4. The standard InChI is InChI=1S/C15H23N5O.HI/c16-15(20-10-3-1-2-4-11-20)19-9-8-18-14(21)13-6-5-7-17-12-13;/h5-7,12H,1-4,8-11H2,(H2,16,19)(H,18,21);1H. The summed E-state index contributed by atoms with van der Waals surface area (Å²) >= 11 is 0. The molecule has 0 spiro atoms. The zero-order chi connectivity index (χ0) is 14.9. The van der Waals surface area contributed by atoms with Crippen LogP contribution >= 0.6 is 24.0 Å². The molecule has 0 saturated carbocycles. The second-order valence-electron chi connectivity index (χ2n) is 5.14. The van der Waals surface area contributed by atoms with Crippen molar-refractivity contribution in [3.8, 4) is 0 Å². The lowest BCUT2D eigenvalue weighted by molar-refractivity contribution is 0.0954. The number of carbonyl (C=O) groups is 1. The lowest BCUT2D eigenvalue weighted by atomic mass is 10.2. The van der Waals surface area contributed by atoms with Crippen molar-refractivity contribution < 1.29 is 4.79 Å². The lowest BCUT2D eigenvalue weighted by Gasteiger charge is -2.21. The number of nitrogens with one attached hydrogen (secondary N) is 1. The van der Waals surface area contributed by atoms with Crippen LogP contribution in [0.1, 0.15) is 36.0 Å². The number of amides is 1. The molecule has 0 aromatic carbocycles. The largest absolute Gasteiger partial charge is 0.370 e. The molecule has 2 heterocycles. The van der Waals surface area contributed by atoms with E-state index >= 15 is 0 Å². The van der Waals surface area contributed by atoms with Crippen LogP contribution in [0.3, 0.4) is 0 Å². The fourth-order valence-corrected chi connectivity index (χ4v) is 2.34. The molecule has 3 N–H and O–H groups in total. The maximum absolute atomic E-state index is 11.8. The smallest absolute Gasteiger partial charge is 0.252 e. The van der Waals surface area contributed by atoms with Gasteiger partial charge in [-0.05, 0) is 25.0 Å². The normalized spacial score (nSPS) is 15.6. The Morgan fingerprint density at radius 2 is 2.05 bits per heavy atom. The van der Waals surface area contributed by atoms with Gasteiger partial charge in [0, 0.05) is 32.0 Å². The predicted molar refractivity (Wildman–Crippen MR) is 98.5 cm³/mol. The van der Waals surface area contributed by atoms with Gasteiger partial charge in [-0.1, -0.05) is 12.8 Å². The average Bonchev–Trinajstić information content (AvgIpc) is 2.81. The third kappa shape index (κ3) is 6.17. The lowest BCUT2D eigenvalue weighted by Crippen LogP contribution is -2.38. The van der Waals surface area contributed by atoms with E-state index in [1.807, 2.05) is 0 Å². The third-order valence-corrected chi connectivity index (χ3v) is 3.52. The number of halogens is 1. The molecule has 6 nitrogen and oxygen atoms in total. The summed E-state index contributed by atoms with van der Waals surface area (Å²) in [4.78, 5) is 22.2. The van der Waals surface area contributed by atoms with Crippen molar-refractivity contribution >= 4 is 35.8 Å². The van der Waals surface area contributed by atoms with Gasteiger partial charge in [0.25, 0.3) is 5.91 Å². The molecule has 1 aromatic rings. The minimum atomic E-state index is -0.133. The van der Waals surface area contributed by atoms with Gasteiger partial charge in [-0.25, -0.2) is 0 Å². The van der Waals surface area contributed by atoms with Crippen LogP contribution in [0.25, 0.3) is 0 Å². The summed E-state index contributed by atoms with van der Waals surface area (Å²) in [5.41, 5.74) is 6.56. The fraction of sp³-hybridized carbons (Fsp3) is 0.533. The van der Waals surface area contributed by atoms with Gasteiger partial charge in [0.15, 0.2) is 5.96 Å². The Labute approximate surface area is 148 Å². The topological polar surface area (TPSA) is 83.6 Å². The minimum absolute atomic E-state index is 0. The molecule has 1 amide bonds. The zero-order valence-corrected chi connectivity index (χ0v) is 15.0. The Bertz CT molecular complexity index is 472. The quantitative estimate of drug-likeness (QED) is 0.338. The second-order valence-corrected chi connectivity index (χ2v) is 5.14. The Morgan fingerprint density at radius 3 is 2.68 bits per heavy atom. The van der Waals surface area contributed by atoms with Crippen molar-refractivity contribution in [2.24, 2.45) is 10.7 Å². The molecule has 2 rings (SSSR count). The van der Waals surface area contributed by atoms with Crippen LogP contribution in [-0.2, 0) is 0 Å². The summed E-state index contributed by atoms with van der Waals surface area (Å²) in [5, 5.41) is 2.81. The monoisotopic (exact) mass is 417 g/mol. The van der Waals surface area contributed by atoms with Crippen molar-refractivity contribution in [1.29, 1.82) is 0 Å². The summed E-state index contributed by atoms with van der Waals surface area (Å²) in [7, 11) is 0. The number of hydrogen-bond acceptors (Lipinski definition) is 3. The van der Waals surface area contributed by atoms with Crippen molar-refractivity contribution in [2.45, 2.75) is 25.7 Å². The second kappa shape index (κ2) is 10.4. The van der Waals surface area contributed by atoms with E-state index in [1.54, 1.807) is 24.5 Å². The first kappa shape index (κ1) is 18.7. The van der Waals surface area contributed by atoms with Crippen molar-refractivity contribution in [3.05, 3.63) is 30.1 Å². The van der Waals surface area contributed by atoms with Crippen LogP contribution in [0.5, 0.6) is 0 Å². The van der Waals surface area contributed by atoms with Gasteiger partial charge in [-0.2, -0.15) is 0 Å². The van der Waals surface area contributed by atoms with E-state index in [-0.39, 0.29) is 29.9 Å². The summed E-state index contributed by atoms with van der Waals surface area (Å²) in [6, 6.07) is 3.47. The first-order chi connectivity index (χ1) is 10.3. The molecular weight excluding hydrogens is 393 g/mol. The van der Waals surface area contributed by atoms with Gasteiger partial charge in [-0.3, -0.25) is 14.8 Å². The fourth-order valence-electron chi connectivity index (χ4n) is 2.34. The van der Waals surface area contributed by atoms with Gasteiger partial charge >= 0.3 is 0 Å². The number of carbonyl (C=O) groups excluding carboxylic acids is 1. The molecule has 122 valence electrons. The number of likely N-dealkylation sites (tertiary alicyclic amines) is 1. The van der Waals surface area contributed by atoms with Crippen LogP contribution in [0, 0.1) is 0 Å². The highest BCUT2D eigenvalue weighted by Crippen LogP contribution is 2.08. The highest BCUT2D eigenvalue weighted by atomic mass is 127. The van der Waals surface area contributed by atoms with E-state index in [0.29, 0.717) is 24.6 Å². The van der Waals surface area contributed by atoms with Crippen LogP contribution in [0.15, 0.2) is 29.5 Å². The Kier molecular flexibility index (Phi) is 8.79. The maximum atomic E-state index is 11.8. The molecule has 1 fully saturated rings. The van der Waals surface area contributed by atoms with Gasteiger partial charge in [0.05, 0.1) is 12.1 Å². The van der Waals surface area contributed by atoms with Crippen LogP contribution in [0.2, 0.25) is 0 Å². The summed E-state index contributed by atoms with van der Waals surface area (Å²) in [6.45, 7) is 2.94. The molecule has 0 aliphatic carbocycles.